The Labute approximate surface area is 109 Å². The van der Waals surface area contributed by atoms with Gasteiger partial charge in [0.25, 0.3) is 0 Å². The lowest BCUT2D eigenvalue weighted by molar-refractivity contribution is 0.318. The van der Waals surface area contributed by atoms with Crippen LogP contribution in [0, 0.1) is 12.8 Å². The number of hydrogen-bond acceptors (Lipinski definition) is 3. The van der Waals surface area contributed by atoms with Gasteiger partial charge in [0.2, 0.25) is 0 Å². The molecule has 0 atom stereocenters. The number of nitrogens with two attached hydrogens (primary N) is 1. The third-order valence-corrected chi connectivity index (χ3v) is 2.84. The Hall–Kier alpha value is -1.71. The zero-order chi connectivity index (χ0) is 13.7. The molecule has 0 saturated heterocycles. The second kappa shape index (κ2) is 6.28. The maximum atomic E-state index is 8.88. The summed E-state index contributed by atoms with van der Waals surface area (Å²) in [5.41, 5.74) is 8.67. The highest BCUT2D eigenvalue weighted by Crippen LogP contribution is 2.22. The molecule has 3 N–H and O–H groups in total. The van der Waals surface area contributed by atoms with Crippen molar-refractivity contribution in [2.24, 2.45) is 16.8 Å². The van der Waals surface area contributed by atoms with Crippen molar-refractivity contribution >= 4 is 11.5 Å². The molecule has 0 radical (unpaired) electrons. The number of rotatable bonds is 5. The molecular formula is C14H23N3O. The van der Waals surface area contributed by atoms with Gasteiger partial charge in [-0.05, 0) is 31.9 Å². The smallest absolute Gasteiger partial charge is 0.172 e. The highest BCUT2D eigenvalue weighted by atomic mass is 16.4. The van der Waals surface area contributed by atoms with Crippen molar-refractivity contribution in [3.63, 3.8) is 0 Å². The average molecular weight is 249 g/mol. The van der Waals surface area contributed by atoms with Gasteiger partial charge in [0.05, 0.1) is 0 Å². The van der Waals surface area contributed by atoms with Crippen LogP contribution in [0.25, 0.3) is 0 Å². The summed E-state index contributed by atoms with van der Waals surface area (Å²) in [6.07, 6.45) is 0. The monoisotopic (exact) mass is 249 g/mol. The van der Waals surface area contributed by atoms with Crippen molar-refractivity contribution in [2.45, 2.75) is 27.7 Å². The highest BCUT2D eigenvalue weighted by molar-refractivity contribution is 6.02. The van der Waals surface area contributed by atoms with E-state index in [1.165, 1.54) is 0 Å². The van der Waals surface area contributed by atoms with Gasteiger partial charge in [-0.15, -0.1) is 0 Å². The van der Waals surface area contributed by atoms with Crippen LogP contribution in [0.5, 0.6) is 0 Å². The van der Waals surface area contributed by atoms with Crippen molar-refractivity contribution in [3.8, 4) is 0 Å². The molecule has 18 heavy (non-hydrogen) atoms. The Balaban J connectivity index is 3.21. The molecular weight excluding hydrogens is 226 g/mol. The van der Waals surface area contributed by atoms with E-state index in [4.69, 9.17) is 10.9 Å². The number of nitrogens with zero attached hydrogens (tertiary/aromatic N) is 2. The molecule has 0 aromatic heterocycles. The summed E-state index contributed by atoms with van der Waals surface area (Å²) in [5, 5.41) is 12.0. The van der Waals surface area contributed by atoms with Gasteiger partial charge < -0.3 is 15.8 Å². The maximum Gasteiger partial charge on any atom is 0.172 e. The van der Waals surface area contributed by atoms with E-state index < -0.39 is 0 Å². The quantitative estimate of drug-likeness (QED) is 0.365. The van der Waals surface area contributed by atoms with Crippen LogP contribution in [0.1, 0.15) is 31.9 Å². The predicted octanol–water partition coefficient (Wildman–Crippen LogP) is 2.57. The number of benzene rings is 1. The van der Waals surface area contributed by atoms with Gasteiger partial charge in [-0.1, -0.05) is 30.6 Å². The fourth-order valence-electron chi connectivity index (χ4n) is 2.02. The molecule has 0 unspecified atom stereocenters. The van der Waals surface area contributed by atoms with E-state index in [-0.39, 0.29) is 5.84 Å². The first-order chi connectivity index (χ1) is 8.49. The molecule has 1 aromatic carbocycles. The van der Waals surface area contributed by atoms with Crippen molar-refractivity contribution in [1.29, 1.82) is 0 Å². The fourth-order valence-corrected chi connectivity index (χ4v) is 2.02. The first kappa shape index (κ1) is 14.4. The van der Waals surface area contributed by atoms with Crippen molar-refractivity contribution in [1.82, 2.24) is 0 Å². The van der Waals surface area contributed by atoms with Crippen molar-refractivity contribution in [2.75, 3.05) is 18.0 Å². The topological polar surface area (TPSA) is 61.8 Å². The number of anilines is 1. The summed E-state index contributed by atoms with van der Waals surface area (Å²) in [5.74, 6) is 0.724. The van der Waals surface area contributed by atoms with Gasteiger partial charge in [0.15, 0.2) is 5.84 Å². The third-order valence-electron chi connectivity index (χ3n) is 2.84. The van der Waals surface area contributed by atoms with E-state index in [9.17, 15) is 0 Å². The van der Waals surface area contributed by atoms with Gasteiger partial charge in [-0.25, -0.2) is 0 Å². The minimum atomic E-state index is 0.163. The zero-order valence-corrected chi connectivity index (χ0v) is 11.6. The zero-order valence-electron chi connectivity index (χ0n) is 11.6. The summed E-state index contributed by atoms with van der Waals surface area (Å²) >= 11 is 0. The van der Waals surface area contributed by atoms with E-state index in [0.29, 0.717) is 5.92 Å². The van der Waals surface area contributed by atoms with Crippen LogP contribution in [0.4, 0.5) is 5.69 Å². The van der Waals surface area contributed by atoms with E-state index in [1.54, 1.807) is 0 Å². The third kappa shape index (κ3) is 3.39. The van der Waals surface area contributed by atoms with Gasteiger partial charge in [-0.3, -0.25) is 0 Å². The number of aryl methyl sites for hydroxylation is 1. The number of hydrogen-bond donors (Lipinski definition) is 2. The molecule has 0 spiro atoms. The van der Waals surface area contributed by atoms with Crippen molar-refractivity contribution < 1.29 is 5.21 Å². The predicted molar refractivity (Wildman–Crippen MR) is 76.4 cm³/mol. The summed E-state index contributed by atoms with van der Waals surface area (Å²) in [6.45, 7) is 10.3. The largest absolute Gasteiger partial charge is 0.409 e. The summed E-state index contributed by atoms with van der Waals surface area (Å²) in [4.78, 5) is 2.25. The van der Waals surface area contributed by atoms with Crippen LogP contribution in [0.2, 0.25) is 0 Å². The molecule has 0 aliphatic carbocycles. The Morgan fingerprint density at radius 1 is 1.44 bits per heavy atom. The second-order valence-corrected chi connectivity index (χ2v) is 4.94. The molecule has 0 bridgehead atoms. The fraction of sp³-hybridized carbons (Fsp3) is 0.500. The second-order valence-electron chi connectivity index (χ2n) is 4.94. The van der Waals surface area contributed by atoms with Crippen LogP contribution in [-0.4, -0.2) is 24.1 Å². The van der Waals surface area contributed by atoms with Gasteiger partial charge >= 0.3 is 0 Å². The van der Waals surface area contributed by atoms with Crippen LogP contribution in [0.3, 0.4) is 0 Å². The summed E-state index contributed by atoms with van der Waals surface area (Å²) in [6, 6.07) is 6.04. The highest BCUT2D eigenvalue weighted by Gasteiger charge is 2.14. The molecule has 4 nitrogen and oxygen atoms in total. The van der Waals surface area contributed by atoms with Gasteiger partial charge in [0, 0.05) is 24.3 Å². The minimum Gasteiger partial charge on any atom is -0.409 e. The van der Waals surface area contributed by atoms with Crippen LogP contribution in [-0.2, 0) is 0 Å². The Morgan fingerprint density at radius 2 is 2.11 bits per heavy atom. The molecule has 1 aromatic rings. The Bertz CT molecular complexity index is 427. The van der Waals surface area contributed by atoms with E-state index in [0.717, 1.165) is 29.9 Å². The number of amidine groups is 1. The van der Waals surface area contributed by atoms with Crippen LogP contribution in [0.15, 0.2) is 23.4 Å². The Kier molecular flexibility index (Phi) is 5.01. The first-order valence-corrected chi connectivity index (χ1v) is 6.33. The van der Waals surface area contributed by atoms with Gasteiger partial charge in [-0.2, -0.15) is 0 Å². The lowest BCUT2D eigenvalue weighted by Crippen LogP contribution is -2.30. The first-order valence-electron chi connectivity index (χ1n) is 6.33. The van der Waals surface area contributed by atoms with Gasteiger partial charge in [0.1, 0.15) is 0 Å². The SMILES string of the molecule is CCN(CC(C)C)c1ccc(C)cc1/C(N)=N/O. The molecule has 0 aliphatic rings. The molecule has 0 aliphatic heterocycles. The molecule has 0 fully saturated rings. The summed E-state index contributed by atoms with van der Waals surface area (Å²) in [7, 11) is 0. The lowest BCUT2D eigenvalue weighted by atomic mass is 10.1. The van der Waals surface area contributed by atoms with E-state index >= 15 is 0 Å². The molecule has 1 rings (SSSR count). The minimum absolute atomic E-state index is 0.163. The molecule has 100 valence electrons. The van der Waals surface area contributed by atoms with Crippen LogP contribution < -0.4 is 10.6 Å². The van der Waals surface area contributed by atoms with Crippen LogP contribution >= 0.6 is 0 Å². The molecule has 0 amide bonds. The molecule has 0 heterocycles. The molecule has 4 heteroatoms. The normalized spacial score (nSPS) is 11.9. The lowest BCUT2D eigenvalue weighted by Gasteiger charge is -2.27. The average Bonchev–Trinajstić information content (AvgIpc) is 2.35. The van der Waals surface area contributed by atoms with Crippen molar-refractivity contribution in [3.05, 3.63) is 29.3 Å². The molecule has 0 saturated carbocycles. The maximum absolute atomic E-state index is 8.88. The standard InChI is InChI=1S/C14H23N3O/c1-5-17(9-10(2)3)13-7-6-11(4)8-12(13)14(15)16-18/h6-8,10,18H,5,9H2,1-4H3,(H2,15,16). The summed E-state index contributed by atoms with van der Waals surface area (Å²) < 4.78 is 0. The Morgan fingerprint density at radius 3 is 2.61 bits per heavy atom. The van der Waals surface area contributed by atoms with E-state index in [1.807, 2.05) is 25.1 Å². The van der Waals surface area contributed by atoms with E-state index in [2.05, 4.69) is 30.8 Å². The number of oxime groups is 1.